The molecule has 0 aromatic carbocycles. The van der Waals surface area contributed by atoms with Gasteiger partial charge in [-0.15, -0.1) is 0 Å². The molecular formula is C14H14N4O4. The fourth-order valence-electron chi connectivity index (χ4n) is 2.26. The Kier molecular flexibility index (Phi) is 3.58. The fourth-order valence-corrected chi connectivity index (χ4v) is 2.26. The molecule has 0 bridgehead atoms. The molecule has 0 saturated heterocycles. The van der Waals surface area contributed by atoms with Crippen molar-refractivity contribution in [1.82, 2.24) is 20.0 Å². The Morgan fingerprint density at radius 2 is 2.23 bits per heavy atom. The summed E-state index contributed by atoms with van der Waals surface area (Å²) in [6.07, 6.45) is 1.17. The molecule has 0 aliphatic carbocycles. The normalized spacial score (nSPS) is 13.8. The molecule has 3 heterocycles. The molecule has 0 fully saturated rings. The zero-order valence-corrected chi connectivity index (χ0v) is 12.0. The van der Waals surface area contributed by atoms with Gasteiger partial charge in [0.15, 0.2) is 11.5 Å². The van der Waals surface area contributed by atoms with E-state index in [9.17, 15) is 14.4 Å². The molecule has 1 N–H and O–H groups in total. The Labute approximate surface area is 125 Å². The number of carbonyl (C=O) groups is 2. The number of hydrogen-bond donors (Lipinski definition) is 1. The highest BCUT2D eigenvalue weighted by atomic mass is 16.5. The average Bonchev–Trinajstić information content (AvgIpc) is 2.92. The molecule has 22 heavy (non-hydrogen) atoms. The van der Waals surface area contributed by atoms with Crippen molar-refractivity contribution in [3.05, 3.63) is 45.1 Å². The summed E-state index contributed by atoms with van der Waals surface area (Å²) in [6, 6.07) is 2.81. The van der Waals surface area contributed by atoms with E-state index in [-0.39, 0.29) is 29.2 Å². The molecule has 2 aromatic heterocycles. The molecule has 0 atom stereocenters. The molecule has 3 rings (SSSR count). The summed E-state index contributed by atoms with van der Waals surface area (Å²) in [6.45, 7) is 2.06. The van der Waals surface area contributed by atoms with E-state index in [0.717, 1.165) is 0 Å². The van der Waals surface area contributed by atoms with Gasteiger partial charge >= 0.3 is 5.97 Å². The quantitative estimate of drug-likeness (QED) is 0.832. The number of nitrogens with one attached hydrogen (secondary N) is 1. The Bertz CT molecular complexity index is 805. The molecule has 0 unspecified atom stereocenters. The van der Waals surface area contributed by atoms with Crippen LogP contribution in [-0.2, 0) is 17.9 Å². The Balaban J connectivity index is 1.72. The first kappa shape index (κ1) is 14.2. The number of nitrogens with zero attached hydrogens (tertiary/aromatic N) is 3. The average molecular weight is 302 g/mol. The summed E-state index contributed by atoms with van der Waals surface area (Å²) >= 11 is 0. The van der Waals surface area contributed by atoms with Gasteiger partial charge in [-0.3, -0.25) is 19.4 Å². The third-order valence-corrected chi connectivity index (χ3v) is 3.39. The van der Waals surface area contributed by atoms with Gasteiger partial charge in [0.1, 0.15) is 18.0 Å². The predicted molar refractivity (Wildman–Crippen MR) is 74.5 cm³/mol. The zero-order chi connectivity index (χ0) is 15.7. The van der Waals surface area contributed by atoms with Gasteiger partial charge < -0.3 is 4.74 Å². The van der Waals surface area contributed by atoms with Crippen LogP contribution in [0.4, 0.5) is 0 Å². The lowest BCUT2D eigenvalue weighted by atomic mass is 10.1. The maximum Gasteiger partial charge on any atom is 0.359 e. The fraction of sp³-hybridized carbons (Fsp3) is 0.357. The van der Waals surface area contributed by atoms with E-state index < -0.39 is 5.97 Å². The first-order valence-electron chi connectivity index (χ1n) is 6.88. The van der Waals surface area contributed by atoms with E-state index in [1.54, 1.807) is 6.92 Å². The second-order valence-electron chi connectivity index (χ2n) is 5.10. The maximum atomic E-state index is 12.0. The molecule has 0 saturated carbocycles. The third kappa shape index (κ3) is 2.67. The summed E-state index contributed by atoms with van der Waals surface area (Å²) in [7, 11) is 0. The number of ketones is 1. The van der Waals surface area contributed by atoms with Crippen molar-refractivity contribution in [1.29, 1.82) is 0 Å². The minimum atomic E-state index is -0.684. The van der Waals surface area contributed by atoms with Crippen LogP contribution in [0.1, 0.15) is 45.2 Å². The lowest BCUT2D eigenvalue weighted by molar-refractivity contribution is 0.0457. The van der Waals surface area contributed by atoms with E-state index >= 15 is 0 Å². The molecule has 0 spiro atoms. The van der Waals surface area contributed by atoms with Gasteiger partial charge in [0.25, 0.3) is 0 Å². The summed E-state index contributed by atoms with van der Waals surface area (Å²) < 4.78 is 6.55. The summed E-state index contributed by atoms with van der Waals surface area (Å²) in [5, 5.41) is 10.5. The molecule has 8 nitrogen and oxygen atoms in total. The number of Topliss-reactive ketones (excluding diaryl/α,β-unsaturated/α-hetero) is 1. The Morgan fingerprint density at radius 3 is 2.95 bits per heavy atom. The van der Waals surface area contributed by atoms with Crippen LogP contribution in [0.15, 0.2) is 16.9 Å². The predicted octanol–water partition coefficient (Wildman–Crippen LogP) is 0.608. The van der Waals surface area contributed by atoms with Gasteiger partial charge in [-0.05, 0) is 13.3 Å². The number of aromatic amines is 1. The number of esters is 1. The van der Waals surface area contributed by atoms with Gasteiger partial charge in [-0.2, -0.15) is 10.2 Å². The maximum absolute atomic E-state index is 12.0. The highest BCUT2D eigenvalue weighted by Crippen LogP contribution is 2.16. The third-order valence-electron chi connectivity index (χ3n) is 3.39. The Morgan fingerprint density at radius 1 is 1.41 bits per heavy atom. The van der Waals surface area contributed by atoms with Crippen molar-refractivity contribution in [3.63, 3.8) is 0 Å². The van der Waals surface area contributed by atoms with Crippen LogP contribution in [0.2, 0.25) is 0 Å². The van der Waals surface area contributed by atoms with Gasteiger partial charge in [0.2, 0.25) is 5.43 Å². The second-order valence-corrected chi connectivity index (χ2v) is 5.10. The van der Waals surface area contributed by atoms with Gasteiger partial charge in [0.05, 0.1) is 0 Å². The van der Waals surface area contributed by atoms with Crippen molar-refractivity contribution >= 4 is 11.8 Å². The van der Waals surface area contributed by atoms with Crippen molar-refractivity contribution < 1.29 is 14.3 Å². The van der Waals surface area contributed by atoms with Crippen molar-refractivity contribution in [2.45, 2.75) is 32.9 Å². The standard InChI is InChI=1S/C14H14N4O4/c1-8-5-13(20)10(16-15-8)7-22-14(21)9-6-11-12(19)3-2-4-18(11)17-9/h5-6H,2-4,7H2,1H3,(H,15,20). The number of fused-ring (bicyclic) bond motifs is 1. The van der Waals surface area contributed by atoms with Gasteiger partial charge in [0, 0.05) is 30.8 Å². The van der Waals surface area contributed by atoms with E-state index in [2.05, 4.69) is 15.3 Å². The number of H-pyrrole nitrogens is 1. The van der Waals surface area contributed by atoms with E-state index in [1.807, 2.05) is 0 Å². The second kappa shape index (κ2) is 5.55. The molecule has 0 radical (unpaired) electrons. The van der Waals surface area contributed by atoms with Crippen LogP contribution in [-0.4, -0.2) is 31.7 Å². The Hall–Kier alpha value is -2.77. The number of hydrogen-bond acceptors (Lipinski definition) is 6. The first-order valence-corrected chi connectivity index (χ1v) is 6.88. The van der Waals surface area contributed by atoms with Crippen LogP contribution in [0.25, 0.3) is 0 Å². The smallest absolute Gasteiger partial charge is 0.359 e. The molecular weight excluding hydrogens is 288 g/mol. The van der Waals surface area contributed by atoms with Gasteiger partial charge in [-0.1, -0.05) is 0 Å². The number of rotatable bonds is 3. The number of carbonyl (C=O) groups excluding carboxylic acids is 2. The molecule has 2 aromatic rings. The van der Waals surface area contributed by atoms with Crippen molar-refractivity contribution in [3.8, 4) is 0 Å². The molecule has 114 valence electrons. The summed E-state index contributed by atoms with van der Waals surface area (Å²) in [4.78, 5) is 35.3. The molecule has 1 aliphatic heterocycles. The van der Waals surface area contributed by atoms with Crippen LogP contribution in [0.5, 0.6) is 0 Å². The van der Waals surface area contributed by atoms with Crippen molar-refractivity contribution in [2.24, 2.45) is 0 Å². The number of aryl methyl sites for hydroxylation is 2. The van der Waals surface area contributed by atoms with Crippen LogP contribution < -0.4 is 5.43 Å². The summed E-state index contributed by atoms with van der Waals surface area (Å²) in [5.41, 5.74) is 0.918. The lowest BCUT2D eigenvalue weighted by Crippen LogP contribution is -2.17. The molecule has 1 aliphatic rings. The first-order chi connectivity index (χ1) is 10.5. The topological polar surface area (TPSA) is 107 Å². The highest BCUT2D eigenvalue weighted by molar-refractivity contribution is 5.97. The minimum absolute atomic E-state index is 0.0329. The van der Waals surface area contributed by atoms with E-state index in [4.69, 9.17) is 4.74 Å². The summed E-state index contributed by atoms with van der Waals surface area (Å²) in [5.74, 6) is -0.717. The van der Waals surface area contributed by atoms with Gasteiger partial charge in [-0.25, -0.2) is 4.79 Å². The largest absolute Gasteiger partial charge is 0.454 e. The lowest BCUT2D eigenvalue weighted by Gasteiger charge is -2.10. The monoisotopic (exact) mass is 302 g/mol. The van der Waals surface area contributed by atoms with Crippen LogP contribution in [0.3, 0.4) is 0 Å². The van der Waals surface area contributed by atoms with Crippen LogP contribution in [0, 0.1) is 6.92 Å². The van der Waals surface area contributed by atoms with E-state index in [0.29, 0.717) is 30.8 Å². The number of aromatic nitrogens is 4. The van der Waals surface area contributed by atoms with E-state index in [1.165, 1.54) is 16.8 Å². The van der Waals surface area contributed by atoms with Crippen LogP contribution >= 0.6 is 0 Å². The minimum Gasteiger partial charge on any atom is -0.454 e. The highest BCUT2D eigenvalue weighted by Gasteiger charge is 2.23. The number of ether oxygens (including phenoxy) is 1. The molecule has 8 heteroatoms. The van der Waals surface area contributed by atoms with Crippen molar-refractivity contribution in [2.75, 3.05) is 0 Å². The SMILES string of the molecule is Cc1cc(=O)c(COC(=O)c2cc3n(n2)CCCC3=O)n[nH]1. The molecule has 0 amide bonds. The zero-order valence-electron chi connectivity index (χ0n) is 12.0.